The summed E-state index contributed by atoms with van der Waals surface area (Å²) in [5.74, 6) is 0.267. The Labute approximate surface area is 196 Å². The number of carbonyl (C=O) groups is 3. The smallest absolute Gasteiger partial charge is 0.257 e. The van der Waals surface area contributed by atoms with Crippen molar-refractivity contribution in [1.29, 1.82) is 0 Å². The highest BCUT2D eigenvalue weighted by molar-refractivity contribution is 5.98. The highest BCUT2D eigenvalue weighted by atomic mass is 16.5. The van der Waals surface area contributed by atoms with E-state index in [1.54, 1.807) is 49.1 Å². The van der Waals surface area contributed by atoms with Crippen molar-refractivity contribution >= 4 is 23.4 Å². The maximum atomic E-state index is 13.3. The molecule has 1 saturated carbocycles. The van der Waals surface area contributed by atoms with E-state index in [0.717, 1.165) is 25.7 Å². The summed E-state index contributed by atoms with van der Waals surface area (Å²) >= 11 is 0. The number of amides is 3. The molecule has 0 radical (unpaired) electrons. The number of hydrogen-bond acceptors (Lipinski definition) is 5. The van der Waals surface area contributed by atoms with Crippen LogP contribution in [0.5, 0.6) is 5.75 Å². The minimum Gasteiger partial charge on any atom is -0.491 e. The van der Waals surface area contributed by atoms with Gasteiger partial charge < -0.3 is 24.6 Å². The number of carbonyl (C=O) groups excluding carboxylic acids is 3. The zero-order valence-corrected chi connectivity index (χ0v) is 20.4. The molecule has 1 N–H and O–H groups in total. The predicted molar refractivity (Wildman–Crippen MR) is 126 cm³/mol. The molecule has 8 heteroatoms. The van der Waals surface area contributed by atoms with Gasteiger partial charge in [0.2, 0.25) is 11.8 Å². The molecule has 33 heavy (non-hydrogen) atoms. The summed E-state index contributed by atoms with van der Waals surface area (Å²) in [6, 6.07) is 4.96. The number of likely N-dealkylation sites (N-methyl/N-ethyl adjacent to an activating group) is 1. The van der Waals surface area contributed by atoms with Crippen molar-refractivity contribution in [3.8, 4) is 5.75 Å². The molecule has 0 aromatic heterocycles. The van der Waals surface area contributed by atoms with Crippen molar-refractivity contribution in [1.82, 2.24) is 9.80 Å². The van der Waals surface area contributed by atoms with Crippen molar-refractivity contribution in [2.75, 3.05) is 39.2 Å². The van der Waals surface area contributed by atoms with E-state index in [1.807, 2.05) is 13.8 Å². The molecular weight excluding hydrogens is 422 g/mol. The Kier molecular flexibility index (Phi) is 8.35. The second-order valence-corrected chi connectivity index (χ2v) is 9.45. The fourth-order valence-electron chi connectivity index (χ4n) is 4.72. The molecule has 0 unspecified atom stereocenters. The molecule has 3 amide bonds. The van der Waals surface area contributed by atoms with Gasteiger partial charge in [0.1, 0.15) is 12.4 Å². The van der Waals surface area contributed by atoms with Crippen LogP contribution in [0, 0.1) is 11.8 Å². The summed E-state index contributed by atoms with van der Waals surface area (Å²) in [7, 11) is 3.36. The van der Waals surface area contributed by atoms with Crippen LogP contribution in [0.1, 0.15) is 56.8 Å². The monoisotopic (exact) mass is 459 g/mol. The van der Waals surface area contributed by atoms with Crippen LogP contribution in [0.15, 0.2) is 18.2 Å². The minimum absolute atomic E-state index is 0.0112. The van der Waals surface area contributed by atoms with E-state index in [2.05, 4.69) is 5.32 Å². The van der Waals surface area contributed by atoms with Gasteiger partial charge in [-0.3, -0.25) is 14.4 Å². The summed E-state index contributed by atoms with van der Waals surface area (Å²) in [6.45, 7) is 6.63. The van der Waals surface area contributed by atoms with Gasteiger partial charge in [0.25, 0.3) is 5.91 Å². The third-order valence-corrected chi connectivity index (χ3v) is 6.84. The Morgan fingerprint density at radius 2 is 1.85 bits per heavy atom. The number of benzene rings is 1. The fourth-order valence-corrected chi connectivity index (χ4v) is 4.72. The summed E-state index contributed by atoms with van der Waals surface area (Å²) in [5.41, 5.74) is 1.02. The van der Waals surface area contributed by atoms with Gasteiger partial charge >= 0.3 is 0 Å². The first kappa shape index (κ1) is 25.0. The number of methoxy groups -OCH3 is 1. The number of hydrogen-bond donors (Lipinski definition) is 1. The zero-order valence-electron chi connectivity index (χ0n) is 20.4. The van der Waals surface area contributed by atoms with E-state index in [4.69, 9.17) is 9.47 Å². The van der Waals surface area contributed by atoms with E-state index >= 15 is 0 Å². The van der Waals surface area contributed by atoms with E-state index in [-0.39, 0.29) is 48.3 Å². The van der Waals surface area contributed by atoms with Crippen LogP contribution in [0.3, 0.4) is 0 Å². The van der Waals surface area contributed by atoms with Gasteiger partial charge in [0.05, 0.1) is 17.7 Å². The summed E-state index contributed by atoms with van der Waals surface area (Å²) in [5, 5.41) is 2.98. The van der Waals surface area contributed by atoms with Crippen molar-refractivity contribution in [2.24, 2.45) is 11.8 Å². The van der Waals surface area contributed by atoms with Crippen LogP contribution in [-0.4, -0.2) is 73.5 Å². The predicted octanol–water partition coefficient (Wildman–Crippen LogP) is 3.17. The van der Waals surface area contributed by atoms with Crippen LogP contribution >= 0.6 is 0 Å². The average molecular weight is 460 g/mol. The summed E-state index contributed by atoms with van der Waals surface area (Å²) in [4.78, 5) is 41.6. The number of fused-ring (bicyclic) bond motifs is 1. The number of rotatable bonds is 3. The first-order chi connectivity index (χ1) is 15.7. The molecule has 1 fully saturated rings. The molecule has 0 saturated heterocycles. The molecular formula is C25H37N3O5. The highest BCUT2D eigenvalue weighted by Crippen LogP contribution is 2.29. The quantitative estimate of drug-likeness (QED) is 0.750. The van der Waals surface area contributed by atoms with Gasteiger partial charge in [0, 0.05) is 57.8 Å². The number of nitrogens with one attached hydrogen (secondary N) is 1. The normalized spacial score (nSPS) is 25.0. The molecule has 182 valence electrons. The number of anilines is 1. The molecule has 3 atom stereocenters. The lowest BCUT2D eigenvalue weighted by molar-refractivity contribution is -0.133. The molecule has 2 aliphatic rings. The third kappa shape index (κ3) is 6.05. The van der Waals surface area contributed by atoms with Crippen molar-refractivity contribution in [3.63, 3.8) is 0 Å². The maximum Gasteiger partial charge on any atom is 0.257 e. The van der Waals surface area contributed by atoms with Crippen molar-refractivity contribution in [3.05, 3.63) is 23.8 Å². The second kappa shape index (κ2) is 11.0. The molecule has 1 aliphatic heterocycles. The van der Waals surface area contributed by atoms with E-state index in [1.165, 1.54) is 0 Å². The average Bonchev–Trinajstić information content (AvgIpc) is 3.33. The SMILES string of the molecule is CO[C@H]1CN(C)C(=O)c2ccc(NC(=O)C3CCCC3)cc2OC[C@H](C)N(C(C)=O)C[C@H]1C. The number of ether oxygens (including phenoxy) is 2. The summed E-state index contributed by atoms with van der Waals surface area (Å²) < 4.78 is 11.8. The van der Waals surface area contributed by atoms with Gasteiger partial charge in [-0.25, -0.2) is 0 Å². The van der Waals surface area contributed by atoms with Gasteiger partial charge in [-0.05, 0) is 31.9 Å². The van der Waals surface area contributed by atoms with Crippen LogP contribution in [0.4, 0.5) is 5.69 Å². The van der Waals surface area contributed by atoms with Crippen molar-refractivity contribution < 1.29 is 23.9 Å². The Bertz CT molecular complexity index is 868. The lowest BCUT2D eigenvalue weighted by Crippen LogP contribution is -2.48. The third-order valence-electron chi connectivity index (χ3n) is 6.84. The van der Waals surface area contributed by atoms with Gasteiger partial charge in [-0.1, -0.05) is 19.8 Å². The lowest BCUT2D eigenvalue weighted by atomic mass is 10.0. The van der Waals surface area contributed by atoms with Gasteiger partial charge in [-0.2, -0.15) is 0 Å². The molecule has 1 aliphatic carbocycles. The molecule has 3 rings (SSSR count). The molecule has 0 bridgehead atoms. The largest absolute Gasteiger partial charge is 0.491 e. The standard InChI is InChI=1S/C25H37N3O5/c1-16-13-28(18(3)29)17(2)15-33-22-12-20(26-24(30)19-8-6-7-9-19)10-11-21(22)25(31)27(4)14-23(16)32-5/h10-12,16-17,19,23H,6-9,13-15H2,1-5H3,(H,26,30)/t16-,17+,23+/m1/s1. The van der Waals surface area contributed by atoms with E-state index in [9.17, 15) is 14.4 Å². The van der Waals surface area contributed by atoms with Crippen LogP contribution in [-0.2, 0) is 14.3 Å². The molecule has 0 spiro atoms. The summed E-state index contributed by atoms with van der Waals surface area (Å²) in [6.07, 6.45) is 3.76. The Hall–Kier alpha value is -2.61. The molecule has 1 aromatic carbocycles. The van der Waals surface area contributed by atoms with Gasteiger partial charge in [-0.15, -0.1) is 0 Å². The van der Waals surface area contributed by atoms with Crippen LogP contribution in [0.25, 0.3) is 0 Å². The Morgan fingerprint density at radius 1 is 1.15 bits per heavy atom. The zero-order chi connectivity index (χ0) is 24.1. The first-order valence-corrected chi connectivity index (χ1v) is 11.8. The topological polar surface area (TPSA) is 88.2 Å². The lowest BCUT2D eigenvalue weighted by Gasteiger charge is -2.35. The first-order valence-electron chi connectivity index (χ1n) is 11.8. The highest BCUT2D eigenvalue weighted by Gasteiger charge is 2.29. The fraction of sp³-hybridized carbons (Fsp3) is 0.640. The number of nitrogens with zero attached hydrogens (tertiary/aromatic N) is 2. The molecule has 1 heterocycles. The van der Waals surface area contributed by atoms with Gasteiger partial charge in [0.15, 0.2) is 0 Å². The second-order valence-electron chi connectivity index (χ2n) is 9.45. The van der Waals surface area contributed by atoms with E-state index < -0.39 is 0 Å². The molecule has 8 nitrogen and oxygen atoms in total. The van der Waals surface area contributed by atoms with Crippen LogP contribution < -0.4 is 10.1 Å². The Morgan fingerprint density at radius 3 is 2.48 bits per heavy atom. The van der Waals surface area contributed by atoms with Crippen molar-refractivity contribution in [2.45, 2.75) is 58.6 Å². The molecule has 1 aromatic rings. The van der Waals surface area contributed by atoms with E-state index in [0.29, 0.717) is 30.1 Å². The maximum absolute atomic E-state index is 13.3. The van der Waals surface area contributed by atoms with Crippen LogP contribution in [0.2, 0.25) is 0 Å². The Balaban J connectivity index is 1.90. The minimum atomic E-state index is -0.221.